The molecule has 90 valence electrons. The Morgan fingerprint density at radius 2 is 2.18 bits per heavy atom. The number of anilines is 3. The van der Waals surface area contributed by atoms with Crippen molar-refractivity contribution in [3.8, 4) is 0 Å². The first-order valence-corrected chi connectivity index (χ1v) is 4.97. The fraction of sp³-hybridized carbons (Fsp3) is 0.333. The van der Waals surface area contributed by atoms with Gasteiger partial charge in [0.05, 0.1) is 6.54 Å². The molecule has 0 radical (unpaired) electrons. The van der Waals surface area contributed by atoms with Gasteiger partial charge in [0.1, 0.15) is 12.0 Å². The number of hydrogen-bond donors (Lipinski definition) is 2. The third kappa shape index (κ3) is 2.80. The van der Waals surface area contributed by atoms with Crippen molar-refractivity contribution >= 4 is 17.8 Å². The monoisotopic (exact) mass is 235 g/mol. The van der Waals surface area contributed by atoms with Crippen molar-refractivity contribution in [2.24, 2.45) is 0 Å². The number of nitrogen functional groups attached to an aromatic ring is 1. The molecule has 0 aliphatic carbocycles. The molecule has 0 amide bonds. The van der Waals surface area contributed by atoms with Gasteiger partial charge < -0.3 is 20.5 Å². The van der Waals surface area contributed by atoms with Gasteiger partial charge in [-0.15, -0.1) is 0 Å². The standard InChI is InChI=1S/C9H13N7O/c1-16(2)9-13-7(10)12-8(14-9)11-5-6-3-4-17-15-6/h3-4H,5H2,1-2H3,(H3,10,11,12,13,14). The fourth-order valence-electron chi connectivity index (χ4n) is 1.16. The molecule has 2 aromatic heterocycles. The zero-order valence-electron chi connectivity index (χ0n) is 9.58. The zero-order chi connectivity index (χ0) is 12.3. The van der Waals surface area contributed by atoms with Crippen LogP contribution in [0.3, 0.4) is 0 Å². The van der Waals surface area contributed by atoms with E-state index in [1.807, 2.05) is 14.1 Å². The molecule has 0 aliphatic heterocycles. The van der Waals surface area contributed by atoms with Gasteiger partial charge in [-0.1, -0.05) is 5.16 Å². The van der Waals surface area contributed by atoms with E-state index in [1.165, 1.54) is 6.26 Å². The Morgan fingerprint density at radius 3 is 2.82 bits per heavy atom. The lowest BCUT2D eigenvalue weighted by atomic mass is 10.4. The van der Waals surface area contributed by atoms with Crippen molar-refractivity contribution in [1.82, 2.24) is 20.1 Å². The van der Waals surface area contributed by atoms with Crippen molar-refractivity contribution in [2.75, 3.05) is 30.0 Å². The Balaban J connectivity index is 2.10. The molecule has 0 unspecified atom stereocenters. The summed E-state index contributed by atoms with van der Waals surface area (Å²) in [7, 11) is 3.66. The highest BCUT2D eigenvalue weighted by Gasteiger charge is 2.06. The molecule has 0 saturated carbocycles. The number of hydrogen-bond acceptors (Lipinski definition) is 8. The quantitative estimate of drug-likeness (QED) is 0.769. The van der Waals surface area contributed by atoms with E-state index in [1.54, 1.807) is 11.0 Å². The lowest BCUT2D eigenvalue weighted by Crippen LogP contribution is -2.16. The third-order valence-corrected chi connectivity index (χ3v) is 1.96. The van der Waals surface area contributed by atoms with Gasteiger partial charge in [-0.25, -0.2) is 0 Å². The molecule has 2 rings (SSSR count). The largest absolute Gasteiger partial charge is 0.368 e. The molecule has 0 saturated heterocycles. The van der Waals surface area contributed by atoms with Crippen molar-refractivity contribution in [3.05, 3.63) is 18.0 Å². The number of nitrogens with zero attached hydrogens (tertiary/aromatic N) is 5. The first-order chi connectivity index (χ1) is 8.15. The topological polar surface area (TPSA) is 106 Å². The Bertz CT molecular complexity index is 482. The van der Waals surface area contributed by atoms with Gasteiger partial charge in [0.2, 0.25) is 17.8 Å². The van der Waals surface area contributed by atoms with Crippen LogP contribution in [0.1, 0.15) is 5.69 Å². The molecular weight excluding hydrogens is 222 g/mol. The van der Waals surface area contributed by atoms with Crippen LogP contribution in [0, 0.1) is 0 Å². The molecule has 8 heteroatoms. The van der Waals surface area contributed by atoms with E-state index in [0.29, 0.717) is 18.4 Å². The summed E-state index contributed by atoms with van der Waals surface area (Å²) in [4.78, 5) is 13.9. The molecule has 8 nitrogen and oxygen atoms in total. The van der Waals surface area contributed by atoms with Crippen molar-refractivity contribution in [3.63, 3.8) is 0 Å². The Hall–Kier alpha value is -2.38. The number of rotatable bonds is 4. The zero-order valence-corrected chi connectivity index (χ0v) is 9.58. The number of aromatic nitrogens is 4. The summed E-state index contributed by atoms with van der Waals surface area (Å²) in [6.45, 7) is 0.465. The average molecular weight is 235 g/mol. The Morgan fingerprint density at radius 1 is 1.35 bits per heavy atom. The van der Waals surface area contributed by atoms with Gasteiger partial charge in [-0.05, 0) is 0 Å². The van der Waals surface area contributed by atoms with Gasteiger partial charge >= 0.3 is 0 Å². The van der Waals surface area contributed by atoms with E-state index < -0.39 is 0 Å². The second-order valence-corrected chi connectivity index (χ2v) is 3.56. The molecule has 0 bridgehead atoms. The minimum atomic E-state index is 0.173. The molecule has 0 spiro atoms. The maximum atomic E-state index is 5.58. The molecule has 2 aromatic rings. The maximum Gasteiger partial charge on any atom is 0.231 e. The molecule has 0 aromatic carbocycles. The second-order valence-electron chi connectivity index (χ2n) is 3.56. The van der Waals surface area contributed by atoms with E-state index in [0.717, 1.165) is 5.69 Å². The number of nitrogens with one attached hydrogen (secondary N) is 1. The molecule has 0 aliphatic rings. The van der Waals surface area contributed by atoms with E-state index in [9.17, 15) is 0 Å². The minimum Gasteiger partial charge on any atom is -0.368 e. The highest BCUT2D eigenvalue weighted by molar-refractivity contribution is 5.40. The summed E-state index contributed by atoms with van der Waals surface area (Å²) in [6, 6.07) is 1.75. The molecular formula is C9H13N7O. The third-order valence-electron chi connectivity index (χ3n) is 1.96. The van der Waals surface area contributed by atoms with Crippen molar-refractivity contribution in [2.45, 2.75) is 6.54 Å². The van der Waals surface area contributed by atoms with Crippen molar-refractivity contribution < 1.29 is 4.52 Å². The lowest BCUT2D eigenvalue weighted by Gasteiger charge is -2.11. The van der Waals surface area contributed by atoms with Gasteiger partial charge in [0, 0.05) is 20.2 Å². The van der Waals surface area contributed by atoms with E-state index in [2.05, 4.69) is 25.4 Å². The van der Waals surface area contributed by atoms with Crippen LogP contribution in [0.15, 0.2) is 16.9 Å². The first kappa shape index (κ1) is 11.1. The summed E-state index contributed by atoms with van der Waals surface area (Å²) in [6.07, 6.45) is 1.50. The first-order valence-electron chi connectivity index (χ1n) is 4.97. The molecule has 0 atom stereocenters. The Kier molecular flexibility index (Phi) is 3.03. The Labute approximate surface area is 97.9 Å². The van der Waals surface area contributed by atoms with Crippen LogP contribution in [0.4, 0.5) is 17.8 Å². The van der Waals surface area contributed by atoms with Crippen molar-refractivity contribution in [1.29, 1.82) is 0 Å². The van der Waals surface area contributed by atoms with Crippen LogP contribution in [-0.2, 0) is 6.54 Å². The molecule has 3 N–H and O–H groups in total. The van der Waals surface area contributed by atoms with Gasteiger partial charge in [0.15, 0.2) is 0 Å². The van der Waals surface area contributed by atoms with Gasteiger partial charge in [0.25, 0.3) is 0 Å². The van der Waals surface area contributed by atoms with Gasteiger partial charge in [-0.3, -0.25) is 0 Å². The SMILES string of the molecule is CN(C)c1nc(N)nc(NCc2ccon2)n1. The minimum absolute atomic E-state index is 0.173. The summed E-state index contributed by atoms with van der Waals surface area (Å²) in [5.41, 5.74) is 6.34. The van der Waals surface area contributed by atoms with Crippen LogP contribution in [-0.4, -0.2) is 34.2 Å². The van der Waals surface area contributed by atoms with E-state index >= 15 is 0 Å². The lowest BCUT2D eigenvalue weighted by molar-refractivity contribution is 0.412. The summed E-state index contributed by atoms with van der Waals surface area (Å²) < 4.78 is 4.71. The maximum absolute atomic E-state index is 5.58. The van der Waals surface area contributed by atoms with Gasteiger partial charge in [-0.2, -0.15) is 15.0 Å². The normalized spacial score (nSPS) is 10.2. The average Bonchev–Trinajstić information content (AvgIpc) is 2.78. The highest BCUT2D eigenvalue weighted by atomic mass is 16.5. The van der Waals surface area contributed by atoms with E-state index in [4.69, 9.17) is 10.3 Å². The van der Waals surface area contributed by atoms with Crippen LogP contribution < -0.4 is 16.0 Å². The predicted octanol–water partition coefficient (Wildman–Crippen LogP) is 0.120. The summed E-state index contributed by atoms with van der Waals surface area (Å²) in [5.74, 6) is 1.08. The number of nitrogens with two attached hydrogens (primary N) is 1. The molecule has 2 heterocycles. The molecule has 0 fully saturated rings. The van der Waals surface area contributed by atoms with Crippen LogP contribution in [0.25, 0.3) is 0 Å². The van der Waals surface area contributed by atoms with Crippen LogP contribution in [0.2, 0.25) is 0 Å². The predicted molar refractivity (Wildman–Crippen MR) is 62.4 cm³/mol. The second kappa shape index (κ2) is 4.64. The smallest absolute Gasteiger partial charge is 0.231 e. The fourth-order valence-corrected chi connectivity index (χ4v) is 1.16. The summed E-state index contributed by atoms with van der Waals surface area (Å²) in [5, 5.41) is 6.75. The van der Waals surface area contributed by atoms with Crippen LogP contribution in [0.5, 0.6) is 0 Å². The molecule has 17 heavy (non-hydrogen) atoms. The summed E-state index contributed by atoms with van der Waals surface area (Å²) >= 11 is 0. The van der Waals surface area contributed by atoms with E-state index in [-0.39, 0.29) is 5.95 Å². The highest BCUT2D eigenvalue weighted by Crippen LogP contribution is 2.09. The van der Waals surface area contributed by atoms with Crippen LogP contribution >= 0.6 is 0 Å².